The average molecular weight is 395 g/mol. The van der Waals surface area contributed by atoms with E-state index in [1.165, 1.54) is 0 Å². The molecule has 3 atom stereocenters. The van der Waals surface area contributed by atoms with Crippen LogP contribution in [0.5, 0.6) is 0 Å². The minimum Gasteiger partial charge on any atom is -0.387 e. The predicted molar refractivity (Wildman–Crippen MR) is 109 cm³/mol. The Morgan fingerprint density at radius 3 is 2.79 bits per heavy atom. The topological polar surface area (TPSA) is 88.0 Å². The first-order valence-electron chi connectivity index (χ1n) is 10.2. The van der Waals surface area contributed by atoms with Crippen LogP contribution in [-0.2, 0) is 4.79 Å². The van der Waals surface area contributed by atoms with Crippen LogP contribution in [0, 0.1) is 12.8 Å². The first-order chi connectivity index (χ1) is 14.3. The second kappa shape index (κ2) is 7.83. The van der Waals surface area contributed by atoms with Crippen LogP contribution in [0.3, 0.4) is 0 Å². The highest BCUT2D eigenvalue weighted by molar-refractivity contribution is 5.95. The molecule has 3 heterocycles. The first kappa shape index (κ1) is 18.1. The van der Waals surface area contributed by atoms with Crippen LogP contribution in [-0.4, -0.2) is 32.1 Å². The molecule has 3 aromatic rings. The van der Waals surface area contributed by atoms with E-state index in [2.05, 4.69) is 20.3 Å². The molecular weight excluding hydrogens is 371 g/mol. The van der Waals surface area contributed by atoms with Gasteiger partial charge in [0, 0.05) is 41.2 Å². The van der Waals surface area contributed by atoms with Crippen LogP contribution in [0.25, 0.3) is 22.0 Å². The average Bonchev–Trinajstić information content (AvgIpc) is 3.44. The molecular formula is C22H23FN4O2. The molecule has 1 fully saturated rings. The lowest BCUT2D eigenvalue weighted by Crippen LogP contribution is -2.15. The molecule has 6 nitrogen and oxygen atoms in total. The van der Waals surface area contributed by atoms with Gasteiger partial charge in [-0.15, -0.1) is 0 Å². The lowest BCUT2D eigenvalue weighted by Gasteiger charge is -2.12. The number of nitrogens with zero attached hydrogens (tertiary/aromatic N) is 3. The summed E-state index contributed by atoms with van der Waals surface area (Å²) in [4.78, 5) is 24.9. The van der Waals surface area contributed by atoms with Gasteiger partial charge in [-0.25, -0.2) is 9.37 Å². The van der Waals surface area contributed by atoms with Crippen molar-refractivity contribution < 1.29 is 15.7 Å². The molecule has 1 amide bonds. The Kier molecular flexibility index (Phi) is 4.89. The van der Waals surface area contributed by atoms with E-state index in [0.29, 0.717) is 29.9 Å². The zero-order valence-electron chi connectivity index (χ0n) is 17.3. The second-order valence-electron chi connectivity index (χ2n) is 7.41. The van der Waals surface area contributed by atoms with E-state index in [0.717, 1.165) is 22.1 Å². The Bertz CT molecular complexity index is 1120. The van der Waals surface area contributed by atoms with E-state index >= 15 is 0 Å². The van der Waals surface area contributed by atoms with Gasteiger partial charge in [0.15, 0.2) is 0 Å². The van der Waals surface area contributed by atoms with Gasteiger partial charge in [0.25, 0.3) is 0 Å². The summed E-state index contributed by atoms with van der Waals surface area (Å²) in [6, 6.07) is 5.31. The molecule has 29 heavy (non-hydrogen) atoms. The highest BCUT2D eigenvalue weighted by atomic mass is 19.1. The molecule has 2 N–H and O–H groups in total. The number of alkyl halides is 1. The van der Waals surface area contributed by atoms with Gasteiger partial charge in [-0.1, -0.05) is 13.3 Å². The normalized spacial score (nSPS) is 20.8. The number of hydrogen-bond acceptors (Lipinski definition) is 5. The van der Waals surface area contributed by atoms with Crippen LogP contribution in [0.1, 0.15) is 44.9 Å². The summed E-state index contributed by atoms with van der Waals surface area (Å²) in [5.41, 5.74) is 3.54. The number of fused-ring (bicyclic) bond motifs is 1. The van der Waals surface area contributed by atoms with Crippen molar-refractivity contribution in [1.82, 2.24) is 15.0 Å². The fraction of sp³-hybridized carbons (Fsp3) is 0.364. The number of amides is 1. The molecule has 7 heteroatoms. The number of aliphatic hydroxyl groups is 1. The van der Waals surface area contributed by atoms with Crippen molar-refractivity contribution in [2.24, 2.45) is 5.92 Å². The van der Waals surface area contributed by atoms with Gasteiger partial charge in [-0.2, -0.15) is 0 Å². The van der Waals surface area contributed by atoms with Crippen LogP contribution < -0.4 is 5.32 Å². The number of rotatable bonds is 6. The molecule has 1 saturated carbocycles. The van der Waals surface area contributed by atoms with Gasteiger partial charge in [0.2, 0.25) is 5.91 Å². The van der Waals surface area contributed by atoms with Crippen LogP contribution in [0.15, 0.2) is 36.8 Å². The molecule has 3 aromatic heterocycles. The third kappa shape index (κ3) is 4.10. The number of aromatic nitrogens is 3. The summed E-state index contributed by atoms with van der Waals surface area (Å²) in [7, 11) is 0. The third-order valence-electron chi connectivity index (χ3n) is 5.07. The number of carbonyl (C=O) groups is 1. The van der Waals surface area contributed by atoms with Crippen LogP contribution in [0.4, 0.5) is 10.2 Å². The van der Waals surface area contributed by atoms with Crippen molar-refractivity contribution in [2.75, 3.05) is 5.32 Å². The molecule has 0 aromatic carbocycles. The maximum Gasteiger partial charge on any atom is 0.231 e. The van der Waals surface area contributed by atoms with E-state index in [1.54, 1.807) is 30.7 Å². The zero-order valence-corrected chi connectivity index (χ0v) is 16.3. The summed E-state index contributed by atoms with van der Waals surface area (Å²) in [6.45, 7) is 3.82. The molecule has 0 radical (unpaired) electrons. The number of pyridine rings is 3. The maximum absolute atomic E-state index is 13.0. The minimum absolute atomic E-state index is 0.267. The van der Waals surface area contributed by atoms with Gasteiger partial charge >= 0.3 is 0 Å². The Morgan fingerprint density at radius 2 is 2.10 bits per heavy atom. The SMILES string of the molecule is [2H]C(O)(CCC)c1cc(C)c(-c2cnc3cc(NC(=O)[C@@H]4C[C@@H]4F)ncc3c2)cn1. The summed E-state index contributed by atoms with van der Waals surface area (Å²) in [5, 5.41) is 13.7. The number of carbonyl (C=O) groups excluding carboxylic acids is 1. The molecule has 4 rings (SSSR count). The fourth-order valence-electron chi connectivity index (χ4n) is 3.27. The molecule has 0 aliphatic heterocycles. The molecule has 0 spiro atoms. The molecule has 0 saturated heterocycles. The molecule has 0 bridgehead atoms. The number of nitrogens with one attached hydrogen (secondary N) is 1. The summed E-state index contributed by atoms with van der Waals surface area (Å²) < 4.78 is 21.1. The van der Waals surface area contributed by atoms with Gasteiger partial charge < -0.3 is 10.4 Å². The van der Waals surface area contributed by atoms with Crippen molar-refractivity contribution in [2.45, 2.75) is 45.4 Å². The van der Waals surface area contributed by atoms with Crippen LogP contribution >= 0.6 is 0 Å². The Morgan fingerprint density at radius 1 is 1.31 bits per heavy atom. The third-order valence-corrected chi connectivity index (χ3v) is 5.07. The van der Waals surface area contributed by atoms with E-state index in [9.17, 15) is 14.3 Å². The van der Waals surface area contributed by atoms with Gasteiger partial charge in [0.05, 0.1) is 24.6 Å². The first-order valence-corrected chi connectivity index (χ1v) is 9.69. The standard InChI is InChI=1S/C22H23FN4O2/c1-3-4-20(28)19-5-12(2)16(11-25-19)13-6-14-10-26-21(8-18(14)24-9-13)27-22(29)15-7-17(15)23/h5-6,8-11,15,17,20,28H,3-4,7H2,1-2H3,(H,26,27,29)/t15-,17+,20?/m1/s1/i20D. The van der Waals surface area contributed by atoms with E-state index in [1.807, 2.05) is 19.9 Å². The van der Waals surface area contributed by atoms with Crippen molar-refractivity contribution >= 4 is 22.6 Å². The smallest absolute Gasteiger partial charge is 0.231 e. The van der Waals surface area contributed by atoms with Crippen molar-refractivity contribution in [3.05, 3.63) is 48.0 Å². The van der Waals surface area contributed by atoms with Crippen molar-refractivity contribution in [3.8, 4) is 11.1 Å². The van der Waals surface area contributed by atoms with E-state index in [-0.39, 0.29) is 12.3 Å². The fourth-order valence-corrected chi connectivity index (χ4v) is 3.27. The molecule has 1 aliphatic rings. The van der Waals surface area contributed by atoms with Gasteiger partial charge in [0.1, 0.15) is 12.0 Å². The lowest BCUT2D eigenvalue weighted by molar-refractivity contribution is -0.117. The van der Waals surface area contributed by atoms with Crippen LogP contribution in [0.2, 0.25) is 0 Å². The molecule has 1 unspecified atom stereocenters. The predicted octanol–water partition coefficient (Wildman–Crippen LogP) is 4.13. The second-order valence-corrected chi connectivity index (χ2v) is 7.41. The number of halogens is 1. The van der Waals surface area contributed by atoms with Gasteiger partial charge in [-0.05, 0) is 37.5 Å². The Labute approximate surface area is 169 Å². The monoisotopic (exact) mass is 395 g/mol. The van der Waals surface area contributed by atoms with E-state index in [4.69, 9.17) is 1.37 Å². The highest BCUT2D eigenvalue weighted by Crippen LogP contribution is 2.34. The Balaban J connectivity index is 1.59. The molecule has 1 aliphatic carbocycles. The zero-order chi connectivity index (χ0) is 21.5. The summed E-state index contributed by atoms with van der Waals surface area (Å²) >= 11 is 0. The number of aryl methyl sites for hydroxylation is 1. The lowest BCUT2D eigenvalue weighted by atomic mass is 10.0. The van der Waals surface area contributed by atoms with Crippen molar-refractivity contribution in [3.63, 3.8) is 0 Å². The van der Waals surface area contributed by atoms with Gasteiger partial charge in [-0.3, -0.25) is 14.8 Å². The summed E-state index contributed by atoms with van der Waals surface area (Å²) in [5.74, 6) is -0.583. The highest BCUT2D eigenvalue weighted by Gasteiger charge is 2.43. The number of anilines is 1. The maximum atomic E-state index is 13.0. The Hall–Kier alpha value is -2.93. The van der Waals surface area contributed by atoms with Crippen molar-refractivity contribution in [1.29, 1.82) is 0 Å². The summed E-state index contributed by atoms with van der Waals surface area (Å²) in [6.07, 6.45) is 3.47. The van der Waals surface area contributed by atoms with E-state index < -0.39 is 18.2 Å². The quantitative estimate of drug-likeness (QED) is 0.655. The minimum atomic E-state index is -1.70. The number of hydrogen-bond donors (Lipinski definition) is 2. The molecule has 150 valence electrons. The largest absolute Gasteiger partial charge is 0.387 e.